The molecular formula is C13H13Cl2N3O. The Morgan fingerprint density at radius 3 is 3.00 bits per heavy atom. The van der Waals surface area contributed by atoms with E-state index in [1.165, 1.54) is 0 Å². The zero-order valence-electron chi connectivity index (χ0n) is 10.2. The first-order valence-electron chi connectivity index (χ1n) is 6.24. The average molecular weight is 298 g/mol. The van der Waals surface area contributed by atoms with Crippen molar-refractivity contribution in [3.05, 3.63) is 34.1 Å². The molecule has 0 aliphatic carbocycles. The van der Waals surface area contributed by atoms with Gasteiger partial charge in [0.15, 0.2) is 5.82 Å². The molecule has 0 radical (unpaired) electrons. The maximum Gasteiger partial charge on any atom is 0.259 e. The summed E-state index contributed by atoms with van der Waals surface area (Å²) in [7, 11) is 0. The highest BCUT2D eigenvalue weighted by Crippen LogP contribution is 2.33. The van der Waals surface area contributed by atoms with Crippen LogP contribution in [-0.2, 0) is 0 Å². The molecule has 100 valence electrons. The van der Waals surface area contributed by atoms with Gasteiger partial charge >= 0.3 is 0 Å². The molecule has 0 saturated carbocycles. The lowest BCUT2D eigenvalue weighted by molar-refractivity contribution is 0.393. The highest BCUT2D eigenvalue weighted by Gasteiger charge is 2.22. The summed E-state index contributed by atoms with van der Waals surface area (Å²) in [5.41, 5.74) is 0.677. The lowest BCUT2D eigenvalue weighted by atomic mass is 9.99. The topological polar surface area (TPSA) is 51.0 Å². The van der Waals surface area contributed by atoms with Gasteiger partial charge in [0.25, 0.3) is 5.89 Å². The van der Waals surface area contributed by atoms with Crippen molar-refractivity contribution >= 4 is 23.2 Å². The normalized spacial score (nSPS) is 19.6. The van der Waals surface area contributed by atoms with Crippen LogP contribution >= 0.6 is 23.2 Å². The Hall–Kier alpha value is -1.10. The first kappa shape index (κ1) is 12.9. The number of hydrogen-bond acceptors (Lipinski definition) is 4. The van der Waals surface area contributed by atoms with Crippen LogP contribution in [0.4, 0.5) is 0 Å². The molecule has 1 aromatic carbocycles. The van der Waals surface area contributed by atoms with Crippen molar-refractivity contribution in [3.63, 3.8) is 0 Å². The van der Waals surface area contributed by atoms with Crippen LogP contribution in [0.5, 0.6) is 0 Å². The number of rotatable bonds is 2. The summed E-state index contributed by atoms with van der Waals surface area (Å²) in [6.07, 6.45) is 2.21. The fraction of sp³-hybridized carbons (Fsp3) is 0.385. The highest BCUT2D eigenvalue weighted by atomic mass is 35.5. The van der Waals surface area contributed by atoms with E-state index in [1.54, 1.807) is 6.07 Å². The molecule has 1 saturated heterocycles. The van der Waals surface area contributed by atoms with Crippen molar-refractivity contribution in [2.24, 2.45) is 0 Å². The summed E-state index contributed by atoms with van der Waals surface area (Å²) in [5, 5.41) is 8.32. The summed E-state index contributed by atoms with van der Waals surface area (Å²) < 4.78 is 5.31. The van der Waals surface area contributed by atoms with Crippen molar-refractivity contribution in [2.45, 2.75) is 18.8 Å². The molecule has 1 aliphatic heterocycles. The molecule has 6 heteroatoms. The largest absolute Gasteiger partial charge is 0.334 e. The first-order chi connectivity index (χ1) is 9.25. The van der Waals surface area contributed by atoms with Crippen LogP contribution < -0.4 is 5.32 Å². The molecule has 1 aromatic heterocycles. The zero-order chi connectivity index (χ0) is 13.2. The Bertz CT molecular complexity index is 579. The summed E-state index contributed by atoms with van der Waals surface area (Å²) in [4.78, 5) is 4.45. The molecule has 1 aliphatic rings. The predicted molar refractivity (Wildman–Crippen MR) is 74.6 cm³/mol. The molecular weight excluding hydrogens is 285 g/mol. The minimum atomic E-state index is 0.309. The third-order valence-electron chi connectivity index (χ3n) is 3.29. The number of benzene rings is 1. The van der Waals surface area contributed by atoms with E-state index in [9.17, 15) is 0 Å². The lowest BCUT2D eigenvalue weighted by Crippen LogP contribution is -2.28. The fourth-order valence-electron chi connectivity index (χ4n) is 2.25. The van der Waals surface area contributed by atoms with Crippen LogP contribution in [0.2, 0.25) is 10.0 Å². The second kappa shape index (κ2) is 5.49. The summed E-state index contributed by atoms with van der Waals surface area (Å²) in [5.74, 6) is 1.47. The number of hydrogen-bond donors (Lipinski definition) is 1. The van der Waals surface area contributed by atoms with Crippen molar-refractivity contribution in [1.82, 2.24) is 15.5 Å². The Balaban J connectivity index is 1.90. The van der Waals surface area contributed by atoms with Crippen LogP contribution in [0, 0.1) is 0 Å². The first-order valence-corrected chi connectivity index (χ1v) is 7.00. The van der Waals surface area contributed by atoms with E-state index in [1.807, 2.05) is 12.1 Å². The van der Waals surface area contributed by atoms with Crippen LogP contribution in [0.15, 0.2) is 22.7 Å². The molecule has 2 heterocycles. The van der Waals surface area contributed by atoms with Gasteiger partial charge in [-0.25, -0.2) is 0 Å². The molecule has 0 spiro atoms. The van der Waals surface area contributed by atoms with E-state index in [0.29, 0.717) is 27.4 Å². The molecule has 0 amide bonds. The van der Waals surface area contributed by atoms with Crippen molar-refractivity contribution in [3.8, 4) is 11.5 Å². The Kier molecular flexibility index (Phi) is 3.73. The van der Waals surface area contributed by atoms with Crippen LogP contribution in [0.25, 0.3) is 11.5 Å². The fourth-order valence-corrected chi connectivity index (χ4v) is 2.63. The Morgan fingerprint density at radius 1 is 1.32 bits per heavy atom. The Morgan fingerprint density at radius 2 is 2.21 bits per heavy atom. The Labute approximate surface area is 121 Å². The highest BCUT2D eigenvalue weighted by molar-refractivity contribution is 6.43. The van der Waals surface area contributed by atoms with Crippen LogP contribution in [0.1, 0.15) is 24.6 Å². The number of nitrogens with zero attached hydrogens (tertiary/aromatic N) is 2. The molecule has 1 fully saturated rings. The standard InChI is InChI=1S/C13H13Cl2N3O/c14-10-5-1-4-9(11(10)15)13-17-12(18-19-13)8-3-2-6-16-7-8/h1,4-5,8,16H,2-3,6-7H2. The monoisotopic (exact) mass is 297 g/mol. The number of halogens is 2. The minimum Gasteiger partial charge on any atom is -0.334 e. The SMILES string of the molecule is Clc1cccc(-c2nc(C3CCCNC3)no2)c1Cl. The van der Waals surface area contributed by atoms with Gasteiger partial charge in [0.05, 0.1) is 15.6 Å². The lowest BCUT2D eigenvalue weighted by Gasteiger charge is -2.19. The van der Waals surface area contributed by atoms with E-state index < -0.39 is 0 Å². The van der Waals surface area contributed by atoms with E-state index in [0.717, 1.165) is 31.8 Å². The molecule has 0 bridgehead atoms. The van der Waals surface area contributed by atoms with Crippen LogP contribution in [-0.4, -0.2) is 23.2 Å². The number of aromatic nitrogens is 2. The van der Waals surface area contributed by atoms with Gasteiger partial charge in [0, 0.05) is 12.5 Å². The van der Waals surface area contributed by atoms with Gasteiger partial charge in [0.1, 0.15) is 0 Å². The number of nitrogens with one attached hydrogen (secondary N) is 1. The smallest absolute Gasteiger partial charge is 0.259 e. The van der Waals surface area contributed by atoms with Crippen molar-refractivity contribution < 1.29 is 4.52 Å². The van der Waals surface area contributed by atoms with E-state index in [-0.39, 0.29) is 0 Å². The third kappa shape index (κ3) is 2.61. The predicted octanol–water partition coefficient (Wildman–Crippen LogP) is 3.51. The second-order valence-electron chi connectivity index (χ2n) is 4.60. The van der Waals surface area contributed by atoms with E-state index in [4.69, 9.17) is 27.7 Å². The summed E-state index contributed by atoms with van der Waals surface area (Å²) in [6, 6.07) is 5.37. The molecule has 2 aromatic rings. The molecule has 4 nitrogen and oxygen atoms in total. The molecule has 19 heavy (non-hydrogen) atoms. The third-order valence-corrected chi connectivity index (χ3v) is 4.10. The maximum absolute atomic E-state index is 6.15. The van der Waals surface area contributed by atoms with Gasteiger partial charge in [-0.05, 0) is 31.5 Å². The van der Waals surface area contributed by atoms with Gasteiger partial charge < -0.3 is 9.84 Å². The summed E-state index contributed by atoms with van der Waals surface area (Å²) in [6.45, 7) is 1.95. The van der Waals surface area contributed by atoms with Gasteiger partial charge in [-0.1, -0.05) is 34.4 Å². The molecule has 1 N–H and O–H groups in total. The van der Waals surface area contributed by atoms with Gasteiger partial charge in [-0.2, -0.15) is 4.98 Å². The zero-order valence-corrected chi connectivity index (χ0v) is 11.7. The van der Waals surface area contributed by atoms with Gasteiger partial charge in [0.2, 0.25) is 0 Å². The molecule has 1 unspecified atom stereocenters. The van der Waals surface area contributed by atoms with Crippen molar-refractivity contribution in [2.75, 3.05) is 13.1 Å². The average Bonchev–Trinajstić information content (AvgIpc) is 2.92. The van der Waals surface area contributed by atoms with Crippen molar-refractivity contribution in [1.29, 1.82) is 0 Å². The van der Waals surface area contributed by atoms with E-state index >= 15 is 0 Å². The van der Waals surface area contributed by atoms with E-state index in [2.05, 4.69) is 15.5 Å². The quantitative estimate of drug-likeness (QED) is 0.921. The second-order valence-corrected chi connectivity index (χ2v) is 5.39. The summed E-state index contributed by atoms with van der Waals surface area (Å²) >= 11 is 12.1. The van der Waals surface area contributed by atoms with Gasteiger partial charge in [-0.3, -0.25) is 0 Å². The molecule has 3 rings (SSSR count). The van der Waals surface area contributed by atoms with Gasteiger partial charge in [-0.15, -0.1) is 0 Å². The van der Waals surface area contributed by atoms with Crippen LogP contribution in [0.3, 0.4) is 0 Å². The maximum atomic E-state index is 6.15. The number of piperidine rings is 1. The molecule has 1 atom stereocenters. The minimum absolute atomic E-state index is 0.309.